The Balaban J connectivity index is 1.71. The number of nitrogens with one attached hydrogen (secondary N) is 1. The molecule has 0 bridgehead atoms. The third kappa shape index (κ3) is 4.05. The van der Waals surface area contributed by atoms with E-state index in [1.54, 1.807) is 0 Å². The minimum absolute atomic E-state index is 0.0894. The monoisotopic (exact) mass is 446 g/mol. The van der Waals surface area contributed by atoms with Gasteiger partial charge in [-0.25, -0.2) is 4.98 Å². The van der Waals surface area contributed by atoms with Crippen LogP contribution in [0.4, 0.5) is 5.82 Å². The van der Waals surface area contributed by atoms with Gasteiger partial charge in [-0.3, -0.25) is 0 Å². The molecule has 0 amide bonds. The summed E-state index contributed by atoms with van der Waals surface area (Å²) in [6.07, 6.45) is -0.932. The first-order valence-corrected chi connectivity index (χ1v) is 11.3. The standard InChI is InChI=1S/C15H22N6O5Se/c1-27-3-2-7(15(24)25)17-4-8-10(22)11(23)14(26-8)21-6-20-9-12(16)18-5-19-13(9)21/h5-8,10-11,14,17,22-23H,2-4H2,1H3,(H,24,25)(H2,16,18,19)/t7-,8+,10+,11+,14+/m0/s1. The average molecular weight is 445 g/mol. The van der Waals surface area contributed by atoms with Crippen LogP contribution in [0.25, 0.3) is 11.2 Å². The first-order chi connectivity index (χ1) is 12.9. The van der Waals surface area contributed by atoms with Crippen molar-refractivity contribution in [2.24, 2.45) is 0 Å². The van der Waals surface area contributed by atoms with Gasteiger partial charge in [0.2, 0.25) is 0 Å². The summed E-state index contributed by atoms with van der Waals surface area (Å²) in [5, 5.41) is 33.8. The number of carboxylic acid groups (broad SMARTS) is 1. The molecule has 1 aliphatic rings. The van der Waals surface area contributed by atoms with Gasteiger partial charge in [-0.1, -0.05) is 0 Å². The van der Waals surface area contributed by atoms with Gasteiger partial charge in [0, 0.05) is 0 Å². The third-order valence-electron chi connectivity index (χ3n) is 4.47. The number of aliphatic carboxylic acids is 1. The van der Waals surface area contributed by atoms with Crippen molar-refractivity contribution in [2.75, 3.05) is 12.3 Å². The summed E-state index contributed by atoms with van der Waals surface area (Å²) in [7, 11) is 0. The molecule has 0 aromatic carbocycles. The predicted octanol–water partition coefficient (Wildman–Crippen LogP) is -1.37. The molecule has 0 radical (unpaired) electrons. The van der Waals surface area contributed by atoms with Crippen molar-refractivity contribution >= 4 is 37.9 Å². The Morgan fingerprint density at radius 2 is 2.19 bits per heavy atom. The van der Waals surface area contributed by atoms with Crippen LogP contribution in [-0.2, 0) is 9.53 Å². The molecule has 27 heavy (non-hydrogen) atoms. The van der Waals surface area contributed by atoms with Crippen molar-refractivity contribution in [3.05, 3.63) is 12.7 Å². The van der Waals surface area contributed by atoms with Crippen molar-refractivity contribution in [1.29, 1.82) is 0 Å². The molecule has 3 rings (SSSR count). The van der Waals surface area contributed by atoms with Crippen molar-refractivity contribution in [1.82, 2.24) is 24.8 Å². The maximum atomic E-state index is 11.3. The molecule has 11 nitrogen and oxygen atoms in total. The van der Waals surface area contributed by atoms with Gasteiger partial charge in [-0.05, 0) is 0 Å². The van der Waals surface area contributed by atoms with Crippen LogP contribution in [0.5, 0.6) is 0 Å². The minimum atomic E-state index is -1.23. The summed E-state index contributed by atoms with van der Waals surface area (Å²) < 4.78 is 7.26. The molecule has 3 heterocycles. The van der Waals surface area contributed by atoms with Crippen LogP contribution in [0, 0.1) is 0 Å². The van der Waals surface area contributed by atoms with Crippen molar-refractivity contribution < 1.29 is 24.9 Å². The number of hydrogen-bond donors (Lipinski definition) is 5. The van der Waals surface area contributed by atoms with Gasteiger partial charge in [0.15, 0.2) is 0 Å². The molecule has 0 aliphatic carbocycles. The number of hydrogen-bond acceptors (Lipinski definition) is 9. The van der Waals surface area contributed by atoms with E-state index >= 15 is 0 Å². The number of aromatic nitrogens is 4. The van der Waals surface area contributed by atoms with E-state index < -0.39 is 36.6 Å². The summed E-state index contributed by atoms with van der Waals surface area (Å²) in [5.74, 6) is 1.30. The molecule has 6 N–H and O–H groups in total. The Bertz CT molecular complexity index is 804. The number of nitrogens with two attached hydrogens (primary N) is 1. The molecule has 1 aliphatic heterocycles. The molecule has 2 aromatic rings. The number of nitrogens with zero attached hydrogens (tertiary/aromatic N) is 4. The van der Waals surface area contributed by atoms with E-state index in [4.69, 9.17) is 10.5 Å². The molecule has 0 spiro atoms. The van der Waals surface area contributed by atoms with Crippen LogP contribution < -0.4 is 11.1 Å². The Kier molecular flexibility index (Phi) is 6.25. The van der Waals surface area contributed by atoms with E-state index in [0.29, 0.717) is 32.5 Å². The van der Waals surface area contributed by atoms with Gasteiger partial charge in [0.1, 0.15) is 0 Å². The van der Waals surface area contributed by atoms with Crippen LogP contribution in [0.1, 0.15) is 12.6 Å². The number of nitrogen functional groups attached to an aromatic ring is 1. The Morgan fingerprint density at radius 1 is 1.41 bits per heavy atom. The van der Waals surface area contributed by atoms with E-state index in [1.807, 2.05) is 5.82 Å². The fourth-order valence-electron chi connectivity index (χ4n) is 2.99. The van der Waals surface area contributed by atoms with Crippen molar-refractivity contribution in [3.63, 3.8) is 0 Å². The molecule has 148 valence electrons. The van der Waals surface area contributed by atoms with Crippen molar-refractivity contribution in [2.45, 2.75) is 48.1 Å². The zero-order valence-electron chi connectivity index (χ0n) is 14.6. The third-order valence-corrected chi connectivity index (χ3v) is 5.82. The Morgan fingerprint density at radius 3 is 2.89 bits per heavy atom. The number of aliphatic hydroxyl groups is 2. The molecule has 0 saturated carbocycles. The molecule has 5 atom stereocenters. The maximum absolute atomic E-state index is 11.3. The summed E-state index contributed by atoms with van der Waals surface area (Å²) in [5.41, 5.74) is 6.51. The molecule has 1 saturated heterocycles. The van der Waals surface area contributed by atoms with E-state index in [0.717, 1.165) is 5.32 Å². The van der Waals surface area contributed by atoms with Crippen molar-refractivity contribution in [3.8, 4) is 0 Å². The summed E-state index contributed by atoms with van der Waals surface area (Å²) >= 11 is 0.381. The van der Waals surface area contributed by atoms with Gasteiger partial charge in [-0.2, -0.15) is 0 Å². The fourth-order valence-corrected chi connectivity index (χ4v) is 3.98. The van der Waals surface area contributed by atoms with E-state index in [1.165, 1.54) is 17.2 Å². The molecule has 0 unspecified atom stereocenters. The van der Waals surface area contributed by atoms with Gasteiger partial charge < -0.3 is 5.73 Å². The number of fused-ring (bicyclic) bond motifs is 1. The number of rotatable bonds is 8. The topological polar surface area (TPSA) is 169 Å². The van der Waals surface area contributed by atoms with Gasteiger partial charge in [-0.15, -0.1) is 0 Å². The number of imidazole rings is 1. The molecule has 2 aromatic heterocycles. The first-order valence-electron chi connectivity index (χ1n) is 8.33. The molecule has 1 fully saturated rings. The van der Waals surface area contributed by atoms with Crippen LogP contribution in [0.15, 0.2) is 12.7 Å². The van der Waals surface area contributed by atoms with E-state index in [-0.39, 0.29) is 12.4 Å². The van der Waals surface area contributed by atoms with Gasteiger partial charge in [0.25, 0.3) is 0 Å². The predicted molar refractivity (Wildman–Crippen MR) is 96.1 cm³/mol. The number of aliphatic hydroxyl groups excluding tert-OH is 2. The second-order valence-corrected chi connectivity index (χ2v) is 8.28. The molecular weight excluding hydrogens is 423 g/mol. The number of carboxylic acids is 1. The number of ether oxygens (including phenoxy) is 1. The summed E-state index contributed by atoms with van der Waals surface area (Å²) in [6, 6.07) is -0.722. The van der Waals surface area contributed by atoms with Crippen LogP contribution in [-0.4, -0.2) is 86.7 Å². The van der Waals surface area contributed by atoms with Gasteiger partial charge in [0.05, 0.1) is 0 Å². The van der Waals surface area contributed by atoms with Crippen LogP contribution in [0.2, 0.25) is 11.1 Å². The number of anilines is 1. The summed E-state index contributed by atoms with van der Waals surface area (Å²) in [6.45, 7) is 0.0894. The zero-order valence-corrected chi connectivity index (χ0v) is 16.3. The average Bonchev–Trinajstić information content (AvgIpc) is 3.18. The quantitative estimate of drug-likeness (QED) is 0.306. The Labute approximate surface area is 161 Å². The Hall–Kier alpha value is -1.82. The SMILES string of the molecule is C[Se]CC[C@H](NC[C@H]1O[C@@H](n2cnc3c(N)ncnc32)[C@H](O)[C@@H]1O)C(=O)O. The van der Waals surface area contributed by atoms with Gasteiger partial charge >= 0.3 is 150 Å². The summed E-state index contributed by atoms with van der Waals surface area (Å²) in [4.78, 5) is 23.4. The van der Waals surface area contributed by atoms with Crippen LogP contribution in [0.3, 0.4) is 0 Å². The zero-order chi connectivity index (χ0) is 19.6. The second-order valence-electron chi connectivity index (χ2n) is 6.21. The molecule has 12 heteroatoms. The molecular formula is C15H22N6O5Se. The second kappa shape index (κ2) is 8.46. The van der Waals surface area contributed by atoms with E-state index in [2.05, 4.69) is 20.3 Å². The van der Waals surface area contributed by atoms with E-state index in [9.17, 15) is 20.1 Å². The first kappa shape index (κ1) is 19.9. The number of carbonyl (C=O) groups is 1. The van der Waals surface area contributed by atoms with Crippen LogP contribution >= 0.6 is 0 Å². The fraction of sp³-hybridized carbons (Fsp3) is 0.600. The normalized spacial score (nSPS) is 26.5.